The van der Waals surface area contributed by atoms with E-state index < -0.39 is 0 Å². The molecule has 0 aliphatic heterocycles. The van der Waals surface area contributed by atoms with E-state index in [1.165, 1.54) is 6.26 Å². The van der Waals surface area contributed by atoms with Crippen LogP contribution < -0.4 is 0 Å². The zero-order valence-corrected chi connectivity index (χ0v) is 5.06. The Morgan fingerprint density at radius 2 is 1.86 bits per heavy atom. The van der Waals surface area contributed by atoms with Gasteiger partial charge in [0.05, 0.1) is 11.9 Å². The third-order valence-corrected chi connectivity index (χ3v) is 0.422. The van der Waals surface area contributed by atoms with Crippen LogP contribution in [0.15, 0.2) is 6.26 Å². The minimum absolute atomic E-state index is 0.130. The molecule has 0 rings (SSSR count). The van der Waals surface area contributed by atoms with Gasteiger partial charge in [-0.05, 0) is 27.4 Å². The van der Waals surface area contributed by atoms with Crippen molar-refractivity contribution in [1.29, 1.82) is 0 Å². The lowest BCUT2D eigenvalue weighted by molar-refractivity contribution is 0.0769. The summed E-state index contributed by atoms with van der Waals surface area (Å²) in [7, 11) is 0. The van der Waals surface area contributed by atoms with Crippen LogP contribution in [0.5, 0.6) is 0 Å². The minimum Gasteiger partial charge on any atom is -0.496 e. The van der Waals surface area contributed by atoms with Crippen molar-refractivity contribution in [1.82, 2.24) is 0 Å². The molecule has 0 atom stereocenters. The summed E-state index contributed by atoms with van der Waals surface area (Å²) in [6, 6.07) is 0. The molecular formula is C6H11O. The molecule has 0 bridgehead atoms. The van der Waals surface area contributed by atoms with E-state index in [4.69, 9.17) is 11.3 Å². The maximum atomic E-state index is 4.97. The van der Waals surface area contributed by atoms with Crippen molar-refractivity contribution < 1.29 is 4.74 Å². The first-order chi connectivity index (χ1) is 3.06. The average Bonchev–Trinajstić information content (AvgIpc) is 1.30. The fourth-order valence-electron chi connectivity index (χ4n) is 0.204. The van der Waals surface area contributed by atoms with E-state index in [1.807, 2.05) is 20.8 Å². The normalized spacial score (nSPS) is 10.7. The summed E-state index contributed by atoms with van der Waals surface area (Å²) in [5.41, 5.74) is -0.130. The van der Waals surface area contributed by atoms with E-state index in [1.54, 1.807) is 0 Å². The first-order valence-electron chi connectivity index (χ1n) is 2.27. The Bertz CT molecular complexity index is 59.1. The first kappa shape index (κ1) is 6.54. The predicted octanol–water partition coefficient (Wildman–Crippen LogP) is 1.75. The van der Waals surface area contributed by atoms with Gasteiger partial charge in [-0.25, -0.2) is 0 Å². The van der Waals surface area contributed by atoms with Gasteiger partial charge in [-0.2, -0.15) is 0 Å². The molecule has 0 aromatic heterocycles. The van der Waals surface area contributed by atoms with E-state index in [9.17, 15) is 0 Å². The van der Waals surface area contributed by atoms with Crippen molar-refractivity contribution in [2.24, 2.45) is 0 Å². The molecule has 0 unspecified atom stereocenters. The van der Waals surface area contributed by atoms with Gasteiger partial charge in [-0.1, -0.05) is 0 Å². The predicted molar refractivity (Wildman–Crippen MR) is 29.7 cm³/mol. The van der Waals surface area contributed by atoms with Crippen molar-refractivity contribution in [2.45, 2.75) is 26.4 Å². The van der Waals surface area contributed by atoms with Crippen molar-refractivity contribution in [3.63, 3.8) is 0 Å². The second-order valence-electron chi connectivity index (χ2n) is 2.37. The summed E-state index contributed by atoms with van der Waals surface area (Å²) in [6.07, 6.45) is 1.21. The van der Waals surface area contributed by atoms with Crippen LogP contribution in [0.4, 0.5) is 0 Å². The molecular weight excluding hydrogens is 88.1 g/mol. The summed E-state index contributed by atoms with van der Waals surface area (Å²) in [6.45, 7) is 10.8. The van der Waals surface area contributed by atoms with Gasteiger partial charge in [0.1, 0.15) is 0 Å². The SMILES string of the molecule is [CH]=COC(C)(C)C. The maximum absolute atomic E-state index is 4.97. The van der Waals surface area contributed by atoms with Crippen LogP contribution in [0.2, 0.25) is 0 Å². The second kappa shape index (κ2) is 2.01. The summed E-state index contributed by atoms with van der Waals surface area (Å²) in [4.78, 5) is 0. The molecule has 7 heavy (non-hydrogen) atoms. The van der Waals surface area contributed by atoms with Gasteiger partial charge >= 0.3 is 0 Å². The van der Waals surface area contributed by atoms with Gasteiger partial charge < -0.3 is 4.74 Å². The molecule has 1 radical (unpaired) electrons. The van der Waals surface area contributed by atoms with Crippen LogP contribution in [0.1, 0.15) is 20.8 Å². The highest BCUT2D eigenvalue weighted by atomic mass is 16.5. The van der Waals surface area contributed by atoms with Gasteiger partial charge in [0.2, 0.25) is 0 Å². The van der Waals surface area contributed by atoms with Crippen molar-refractivity contribution in [3.05, 3.63) is 12.8 Å². The van der Waals surface area contributed by atoms with E-state index in [2.05, 4.69) is 0 Å². The Hall–Kier alpha value is -0.460. The lowest BCUT2D eigenvalue weighted by atomic mass is 10.2. The molecule has 0 saturated heterocycles. The maximum Gasteiger partial charge on any atom is 0.0998 e. The molecule has 41 valence electrons. The zero-order valence-electron chi connectivity index (χ0n) is 5.06. The molecule has 0 aromatic carbocycles. The van der Waals surface area contributed by atoms with Gasteiger partial charge in [0.25, 0.3) is 0 Å². The van der Waals surface area contributed by atoms with Crippen molar-refractivity contribution >= 4 is 0 Å². The molecule has 0 amide bonds. The average molecular weight is 99.2 g/mol. The lowest BCUT2D eigenvalue weighted by Crippen LogP contribution is -2.14. The molecule has 0 aromatic rings. The van der Waals surface area contributed by atoms with Gasteiger partial charge in [-0.3, -0.25) is 0 Å². The molecule has 0 fully saturated rings. The molecule has 1 heteroatoms. The Morgan fingerprint density at radius 1 is 1.43 bits per heavy atom. The highest BCUT2D eigenvalue weighted by Crippen LogP contribution is 2.05. The summed E-state index contributed by atoms with van der Waals surface area (Å²) >= 11 is 0. The molecule has 0 saturated carbocycles. The van der Waals surface area contributed by atoms with E-state index in [0.29, 0.717) is 0 Å². The van der Waals surface area contributed by atoms with E-state index >= 15 is 0 Å². The third kappa shape index (κ3) is 5.54. The number of hydrogen-bond donors (Lipinski definition) is 0. The van der Waals surface area contributed by atoms with Crippen LogP contribution in [-0.2, 0) is 4.74 Å². The Balaban J connectivity index is 3.34. The Kier molecular flexibility index (Phi) is 1.88. The largest absolute Gasteiger partial charge is 0.496 e. The van der Waals surface area contributed by atoms with Crippen LogP contribution in [0, 0.1) is 6.58 Å². The number of rotatable bonds is 1. The quantitative estimate of drug-likeness (QED) is 0.455. The van der Waals surface area contributed by atoms with Crippen LogP contribution in [0.3, 0.4) is 0 Å². The highest BCUT2D eigenvalue weighted by molar-refractivity contribution is 4.62. The number of ether oxygens (including phenoxy) is 1. The van der Waals surface area contributed by atoms with Crippen LogP contribution >= 0.6 is 0 Å². The Morgan fingerprint density at radius 3 is 1.86 bits per heavy atom. The van der Waals surface area contributed by atoms with Gasteiger partial charge in [-0.15, -0.1) is 0 Å². The van der Waals surface area contributed by atoms with Crippen LogP contribution in [-0.4, -0.2) is 5.60 Å². The molecule has 1 nitrogen and oxygen atoms in total. The molecule has 0 aliphatic rings. The molecule has 0 N–H and O–H groups in total. The second-order valence-corrected chi connectivity index (χ2v) is 2.37. The highest BCUT2D eigenvalue weighted by Gasteiger charge is 2.05. The lowest BCUT2D eigenvalue weighted by Gasteiger charge is -2.16. The zero-order chi connectivity index (χ0) is 5.91. The summed E-state index contributed by atoms with van der Waals surface area (Å²) in [5, 5.41) is 0. The molecule has 0 spiro atoms. The standard InChI is InChI=1S/C6H11O/c1-5-7-6(2,3)4/h1,5H,2-4H3. The fourth-order valence-corrected chi connectivity index (χ4v) is 0.204. The Labute approximate surface area is 45.0 Å². The fraction of sp³-hybridized carbons (Fsp3) is 0.667. The smallest absolute Gasteiger partial charge is 0.0998 e. The topological polar surface area (TPSA) is 9.23 Å². The van der Waals surface area contributed by atoms with Gasteiger partial charge in [0, 0.05) is 0 Å². The van der Waals surface area contributed by atoms with Crippen molar-refractivity contribution in [2.75, 3.05) is 0 Å². The monoisotopic (exact) mass is 99.1 g/mol. The minimum atomic E-state index is -0.130. The molecule has 0 heterocycles. The van der Waals surface area contributed by atoms with E-state index in [0.717, 1.165) is 0 Å². The summed E-state index contributed by atoms with van der Waals surface area (Å²) < 4.78 is 4.88. The van der Waals surface area contributed by atoms with Gasteiger partial charge in [0.15, 0.2) is 0 Å². The number of hydrogen-bond acceptors (Lipinski definition) is 1. The first-order valence-corrected chi connectivity index (χ1v) is 2.27. The molecule has 0 aliphatic carbocycles. The van der Waals surface area contributed by atoms with Crippen molar-refractivity contribution in [3.8, 4) is 0 Å². The third-order valence-electron chi connectivity index (χ3n) is 0.422. The van der Waals surface area contributed by atoms with Crippen LogP contribution in [0.25, 0.3) is 0 Å². The summed E-state index contributed by atoms with van der Waals surface area (Å²) in [5.74, 6) is 0. The van der Waals surface area contributed by atoms with E-state index in [-0.39, 0.29) is 5.60 Å².